The standard InChI is InChI=1S/C24H27F2N5O2/c1-14-9-10-31(29-14)15-5-6-16(18(32)11-15)17-7-8-21(28-27-17)33-19-12-23(2)20(25)13-24(3,22(19)26)30(23)4/h5-11,19-20,22,32H,12-13H2,1-4H3. The second kappa shape index (κ2) is 7.48. The number of piperidine rings is 1. The predicted octanol–water partition coefficient (Wildman–Crippen LogP) is 4.02. The first-order chi connectivity index (χ1) is 15.6. The number of ether oxygens (including phenoxy) is 1. The third kappa shape index (κ3) is 3.37. The van der Waals surface area contributed by atoms with Gasteiger partial charge in [-0.3, -0.25) is 4.90 Å². The van der Waals surface area contributed by atoms with Crippen molar-refractivity contribution in [3.8, 4) is 28.6 Å². The van der Waals surface area contributed by atoms with Gasteiger partial charge in [-0.15, -0.1) is 10.2 Å². The molecule has 1 N–H and O–H groups in total. The average Bonchev–Trinajstić information content (AvgIpc) is 3.27. The van der Waals surface area contributed by atoms with Crippen molar-refractivity contribution >= 4 is 0 Å². The highest BCUT2D eigenvalue weighted by Gasteiger charge is 2.65. The molecular formula is C24H27F2N5O2. The highest BCUT2D eigenvalue weighted by molar-refractivity contribution is 5.68. The number of phenolic OH excluding ortho intramolecular Hbond substituents is 1. The lowest BCUT2D eigenvalue weighted by Crippen LogP contribution is -2.64. The summed E-state index contributed by atoms with van der Waals surface area (Å²) in [5.41, 5.74) is 0.837. The smallest absolute Gasteiger partial charge is 0.233 e. The molecule has 7 nitrogen and oxygen atoms in total. The van der Waals surface area contributed by atoms with Crippen LogP contribution < -0.4 is 4.74 Å². The van der Waals surface area contributed by atoms with Gasteiger partial charge in [0.25, 0.3) is 0 Å². The Morgan fingerprint density at radius 1 is 1.06 bits per heavy atom. The van der Waals surface area contributed by atoms with Gasteiger partial charge < -0.3 is 9.84 Å². The molecule has 0 saturated carbocycles. The Kier molecular flexibility index (Phi) is 4.93. The van der Waals surface area contributed by atoms with Crippen LogP contribution in [0.4, 0.5) is 8.78 Å². The van der Waals surface area contributed by atoms with Crippen LogP contribution in [0.5, 0.6) is 11.6 Å². The van der Waals surface area contributed by atoms with E-state index in [0.717, 1.165) is 11.4 Å². The number of halogens is 2. The number of hydrogen-bond acceptors (Lipinski definition) is 6. The van der Waals surface area contributed by atoms with E-state index in [1.165, 1.54) is 0 Å². The molecule has 4 heterocycles. The normalized spacial score (nSPS) is 31.6. The minimum Gasteiger partial charge on any atom is -0.507 e. The summed E-state index contributed by atoms with van der Waals surface area (Å²) < 4.78 is 37.6. The van der Waals surface area contributed by atoms with Gasteiger partial charge in [-0.05, 0) is 52.1 Å². The maximum absolute atomic E-state index is 15.4. The first kappa shape index (κ1) is 21.8. The Morgan fingerprint density at radius 2 is 1.85 bits per heavy atom. The van der Waals surface area contributed by atoms with Gasteiger partial charge in [0.1, 0.15) is 18.0 Å². The summed E-state index contributed by atoms with van der Waals surface area (Å²) in [7, 11) is 1.78. The molecule has 2 saturated heterocycles. The van der Waals surface area contributed by atoms with Crippen LogP contribution in [0.15, 0.2) is 42.6 Å². The maximum Gasteiger partial charge on any atom is 0.233 e. The van der Waals surface area contributed by atoms with E-state index in [1.807, 2.05) is 37.1 Å². The van der Waals surface area contributed by atoms with Crippen molar-refractivity contribution in [2.75, 3.05) is 7.05 Å². The molecule has 0 amide bonds. The zero-order valence-corrected chi connectivity index (χ0v) is 19.0. The Labute approximate surface area is 191 Å². The number of aromatic hydroxyl groups is 1. The molecule has 2 aliphatic heterocycles. The molecule has 1 aromatic carbocycles. The molecule has 3 aromatic rings. The Balaban J connectivity index is 1.34. The van der Waals surface area contributed by atoms with Crippen LogP contribution in [-0.4, -0.2) is 66.6 Å². The Hall–Kier alpha value is -3.07. The van der Waals surface area contributed by atoms with Crippen LogP contribution in [0.2, 0.25) is 0 Å². The third-order valence-corrected chi connectivity index (χ3v) is 7.49. The lowest BCUT2D eigenvalue weighted by molar-refractivity contribution is -0.0942. The Bertz CT molecular complexity index is 1190. The number of alkyl halides is 2. The molecule has 2 aromatic heterocycles. The number of aromatic nitrogens is 4. The fourth-order valence-electron chi connectivity index (χ4n) is 5.21. The minimum absolute atomic E-state index is 0.0363. The summed E-state index contributed by atoms with van der Waals surface area (Å²) in [6.07, 6.45) is -1.12. The lowest BCUT2D eigenvalue weighted by Gasteiger charge is -2.50. The van der Waals surface area contributed by atoms with E-state index in [0.29, 0.717) is 11.3 Å². The number of benzene rings is 1. The molecule has 0 spiro atoms. The van der Waals surface area contributed by atoms with Crippen LogP contribution in [-0.2, 0) is 0 Å². The Morgan fingerprint density at radius 3 is 2.48 bits per heavy atom. The van der Waals surface area contributed by atoms with Gasteiger partial charge in [-0.1, -0.05) is 0 Å². The molecule has 2 bridgehead atoms. The quantitative estimate of drug-likeness (QED) is 0.640. The highest BCUT2D eigenvalue weighted by atomic mass is 19.1. The van der Waals surface area contributed by atoms with Gasteiger partial charge in [0, 0.05) is 36.7 Å². The highest BCUT2D eigenvalue weighted by Crippen LogP contribution is 2.52. The van der Waals surface area contributed by atoms with Crippen molar-refractivity contribution in [2.24, 2.45) is 0 Å². The van der Waals surface area contributed by atoms with E-state index >= 15 is 4.39 Å². The number of aryl methyl sites for hydroxylation is 1. The zero-order valence-electron chi connectivity index (χ0n) is 19.0. The number of hydrogen-bond donors (Lipinski definition) is 1. The maximum atomic E-state index is 15.4. The van der Waals surface area contributed by atoms with Gasteiger partial charge in [-0.25, -0.2) is 13.5 Å². The summed E-state index contributed by atoms with van der Waals surface area (Å²) >= 11 is 0. The predicted molar refractivity (Wildman–Crippen MR) is 119 cm³/mol. The molecular weight excluding hydrogens is 428 g/mol. The number of rotatable bonds is 4. The zero-order chi connectivity index (χ0) is 23.5. The van der Waals surface area contributed by atoms with Crippen molar-refractivity contribution in [2.45, 2.75) is 63.1 Å². The second-order valence-electron chi connectivity index (χ2n) is 9.57. The van der Waals surface area contributed by atoms with Crippen LogP contribution in [0.3, 0.4) is 0 Å². The molecule has 2 aliphatic rings. The van der Waals surface area contributed by atoms with Crippen LogP contribution in [0.1, 0.15) is 32.4 Å². The second-order valence-corrected chi connectivity index (χ2v) is 9.57. The SMILES string of the molecule is Cc1ccn(-c2ccc(-c3ccc(OC4CC5(C)C(F)CC(C)(C4F)N5C)nn3)c(O)c2)n1. The van der Waals surface area contributed by atoms with Gasteiger partial charge in [0.2, 0.25) is 5.88 Å². The van der Waals surface area contributed by atoms with E-state index in [9.17, 15) is 9.50 Å². The van der Waals surface area contributed by atoms with Crippen molar-refractivity contribution in [3.63, 3.8) is 0 Å². The summed E-state index contributed by atoms with van der Waals surface area (Å²) in [4.78, 5) is 1.82. The summed E-state index contributed by atoms with van der Waals surface area (Å²) in [5, 5.41) is 23.1. The van der Waals surface area contributed by atoms with E-state index in [2.05, 4.69) is 15.3 Å². The molecule has 2 fully saturated rings. The summed E-state index contributed by atoms with van der Waals surface area (Å²) in [6, 6.07) is 10.3. The van der Waals surface area contributed by atoms with Crippen molar-refractivity contribution < 1.29 is 18.6 Å². The van der Waals surface area contributed by atoms with E-state index in [1.54, 1.807) is 42.9 Å². The fraction of sp³-hybridized carbons (Fsp3) is 0.458. The van der Waals surface area contributed by atoms with Crippen LogP contribution in [0, 0.1) is 6.92 Å². The van der Waals surface area contributed by atoms with E-state index in [-0.39, 0.29) is 24.5 Å². The van der Waals surface area contributed by atoms with Crippen molar-refractivity contribution in [1.82, 2.24) is 24.9 Å². The van der Waals surface area contributed by atoms with Gasteiger partial charge in [-0.2, -0.15) is 5.10 Å². The monoisotopic (exact) mass is 455 g/mol. The van der Waals surface area contributed by atoms with Gasteiger partial charge >= 0.3 is 0 Å². The largest absolute Gasteiger partial charge is 0.507 e. The summed E-state index contributed by atoms with van der Waals surface area (Å²) in [5.74, 6) is 0.204. The molecule has 0 aliphatic carbocycles. The fourth-order valence-corrected chi connectivity index (χ4v) is 5.21. The van der Waals surface area contributed by atoms with E-state index < -0.39 is 29.5 Å². The summed E-state index contributed by atoms with van der Waals surface area (Å²) in [6.45, 7) is 5.45. The minimum atomic E-state index is -1.36. The average molecular weight is 456 g/mol. The molecule has 9 heteroatoms. The molecule has 5 rings (SSSR count). The van der Waals surface area contributed by atoms with Gasteiger partial charge in [0.05, 0.1) is 28.2 Å². The molecule has 5 atom stereocenters. The molecule has 5 unspecified atom stereocenters. The molecule has 0 radical (unpaired) electrons. The first-order valence-electron chi connectivity index (χ1n) is 11.0. The lowest BCUT2D eigenvalue weighted by atomic mass is 9.82. The molecule has 174 valence electrons. The third-order valence-electron chi connectivity index (χ3n) is 7.49. The van der Waals surface area contributed by atoms with E-state index in [4.69, 9.17) is 4.74 Å². The van der Waals surface area contributed by atoms with Crippen molar-refractivity contribution in [3.05, 3.63) is 48.3 Å². The van der Waals surface area contributed by atoms with Crippen LogP contribution in [0.25, 0.3) is 16.9 Å². The number of fused-ring (bicyclic) bond motifs is 2. The van der Waals surface area contributed by atoms with Crippen molar-refractivity contribution in [1.29, 1.82) is 0 Å². The number of nitrogens with zero attached hydrogens (tertiary/aromatic N) is 5. The number of phenols is 1. The van der Waals surface area contributed by atoms with Gasteiger partial charge in [0.15, 0.2) is 6.17 Å². The topological polar surface area (TPSA) is 76.3 Å². The molecule has 33 heavy (non-hydrogen) atoms. The first-order valence-corrected chi connectivity index (χ1v) is 11.0. The van der Waals surface area contributed by atoms with Crippen LogP contribution >= 0.6 is 0 Å².